The highest BCUT2D eigenvalue weighted by molar-refractivity contribution is 5.38. The molecule has 4 heteroatoms. The lowest BCUT2D eigenvalue weighted by Crippen LogP contribution is -2.41. The third kappa shape index (κ3) is 3.02. The van der Waals surface area contributed by atoms with Crippen molar-refractivity contribution in [1.29, 1.82) is 0 Å². The third-order valence-electron chi connectivity index (χ3n) is 3.57. The summed E-state index contributed by atoms with van der Waals surface area (Å²) in [5.41, 5.74) is 4.23. The zero-order valence-corrected chi connectivity index (χ0v) is 10.9. The Labute approximate surface area is 108 Å². The molecule has 0 aromatic heterocycles. The van der Waals surface area contributed by atoms with Crippen molar-refractivity contribution in [2.45, 2.75) is 31.2 Å². The van der Waals surface area contributed by atoms with Gasteiger partial charge < -0.3 is 9.47 Å². The van der Waals surface area contributed by atoms with Crippen LogP contribution in [0.3, 0.4) is 0 Å². The average Bonchev–Trinajstić information content (AvgIpc) is 2.43. The topological polar surface area (TPSA) is 56.5 Å². The van der Waals surface area contributed by atoms with Crippen LogP contribution in [0.5, 0.6) is 5.75 Å². The summed E-state index contributed by atoms with van der Waals surface area (Å²) in [6.45, 7) is 1.55. The minimum absolute atomic E-state index is 0.283. The molecule has 0 fully saturated rings. The summed E-state index contributed by atoms with van der Waals surface area (Å²) in [5.74, 6) is 7.14. The Morgan fingerprint density at radius 2 is 2.33 bits per heavy atom. The number of nitrogens with two attached hydrogens (primary N) is 1. The van der Waals surface area contributed by atoms with Crippen molar-refractivity contribution in [1.82, 2.24) is 5.43 Å². The molecule has 3 N–H and O–H groups in total. The molecule has 1 aliphatic rings. The number of hydrogen-bond donors (Lipinski definition) is 2. The largest absolute Gasteiger partial charge is 0.493 e. The normalized spacial score (nSPS) is 20.0. The van der Waals surface area contributed by atoms with Gasteiger partial charge in [0.2, 0.25) is 0 Å². The van der Waals surface area contributed by atoms with Crippen LogP contribution in [0.2, 0.25) is 0 Å². The monoisotopic (exact) mass is 250 g/mol. The predicted octanol–water partition coefficient (Wildman–Crippen LogP) is 1.81. The highest BCUT2D eigenvalue weighted by atomic mass is 16.5. The van der Waals surface area contributed by atoms with Gasteiger partial charge in [-0.2, -0.15) is 0 Å². The zero-order chi connectivity index (χ0) is 12.8. The molecule has 2 atom stereocenters. The average molecular weight is 250 g/mol. The summed E-state index contributed by atoms with van der Waals surface area (Å²) in [7, 11) is 1.73. The first-order valence-corrected chi connectivity index (χ1v) is 6.53. The van der Waals surface area contributed by atoms with Gasteiger partial charge in [0.15, 0.2) is 0 Å². The maximum Gasteiger partial charge on any atom is 0.122 e. The highest BCUT2D eigenvalue weighted by Crippen LogP contribution is 2.36. The summed E-state index contributed by atoms with van der Waals surface area (Å²) in [4.78, 5) is 0. The lowest BCUT2D eigenvalue weighted by Gasteiger charge is -2.32. The van der Waals surface area contributed by atoms with Gasteiger partial charge in [-0.3, -0.25) is 11.3 Å². The second-order valence-electron chi connectivity index (χ2n) is 4.69. The van der Waals surface area contributed by atoms with E-state index in [0.717, 1.165) is 38.2 Å². The first-order valence-electron chi connectivity index (χ1n) is 6.53. The van der Waals surface area contributed by atoms with Crippen molar-refractivity contribution >= 4 is 0 Å². The Kier molecular flexibility index (Phi) is 4.99. The quantitative estimate of drug-likeness (QED) is 0.459. The van der Waals surface area contributed by atoms with E-state index in [0.29, 0.717) is 5.92 Å². The SMILES string of the molecule is COCCCC(NN)C1CCOc2ccccc21. The Bertz CT molecular complexity index is 371. The summed E-state index contributed by atoms with van der Waals surface area (Å²) in [6, 6.07) is 8.52. The van der Waals surface area contributed by atoms with E-state index in [9.17, 15) is 0 Å². The number of ether oxygens (including phenoxy) is 2. The van der Waals surface area contributed by atoms with E-state index in [1.54, 1.807) is 7.11 Å². The number of methoxy groups -OCH3 is 1. The molecule has 18 heavy (non-hydrogen) atoms. The van der Waals surface area contributed by atoms with Crippen LogP contribution in [0.15, 0.2) is 24.3 Å². The van der Waals surface area contributed by atoms with Crippen LogP contribution in [-0.4, -0.2) is 26.4 Å². The van der Waals surface area contributed by atoms with E-state index in [1.165, 1.54) is 5.56 Å². The zero-order valence-electron chi connectivity index (χ0n) is 10.9. The molecule has 0 bridgehead atoms. The van der Waals surface area contributed by atoms with Gasteiger partial charge in [0.1, 0.15) is 5.75 Å². The molecule has 2 unspecified atom stereocenters. The maximum absolute atomic E-state index is 5.71. The second kappa shape index (κ2) is 6.73. The summed E-state index contributed by atoms with van der Waals surface area (Å²) in [6.07, 6.45) is 3.05. The number of nitrogens with one attached hydrogen (secondary N) is 1. The van der Waals surface area contributed by atoms with Crippen LogP contribution < -0.4 is 16.0 Å². The van der Waals surface area contributed by atoms with Crippen molar-refractivity contribution in [2.75, 3.05) is 20.3 Å². The Balaban J connectivity index is 2.07. The van der Waals surface area contributed by atoms with Crippen LogP contribution in [0.25, 0.3) is 0 Å². The first-order chi connectivity index (χ1) is 8.86. The van der Waals surface area contributed by atoms with Crippen molar-refractivity contribution in [2.24, 2.45) is 5.84 Å². The molecule has 0 amide bonds. The highest BCUT2D eigenvalue weighted by Gasteiger charge is 2.27. The van der Waals surface area contributed by atoms with Gasteiger partial charge in [-0.25, -0.2) is 0 Å². The molecule has 0 spiro atoms. The Morgan fingerprint density at radius 1 is 1.50 bits per heavy atom. The van der Waals surface area contributed by atoms with E-state index in [-0.39, 0.29) is 6.04 Å². The smallest absolute Gasteiger partial charge is 0.122 e. The number of para-hydroxylation sites is 1. The van der Waals surface area contributed by atoms with Crippen molar-refractivity contribution in [3.63, 3.8) is 0 Å². The molecular formula is C14H22N2O2. The third-order valence-corrected chi connectivity index (χ3v) is 3.57. The number of hydrazine groups is 1. The lowest BCUT2D eigenvalue weighted by molar-refractivity contribution is 0.182. The molecule has 0 radical (unpaired) electrons. The second-order valence-corrected chi connectivity index (χ2v) is 4.69. The maximum atomic E-state index is 5.71. The van der Waals surface area contributed by atoms with E-state index in [1.807, 2.05) is 12.1 Å². The van der Waals surface area contributed by atoms with Crippen molar-refractivity contribution < 1.29 is 9.47 Å². The van der Waals surface area contributed by atoms with Gasteiger partial charge >= 0.3 is 0 Å². The molecule has 4 nitrogen and oxygen atoms in total. The standard InChI is InChI=1S/C14H22N2O2/c1-17-9-4-6-13(16-15)11-8-10-18-14-7-3-2-5-12(11)14/h2-3,5,7,11,13,16H,4,6,8-10,15H2,1H3. The minimum atomic E-state index is 0.283. The van der Waals surface area contributed by atoms with Crippen molar-refractivity contribution in [3.8, 4) is 5.75 Å². The first kappa shape index (κ1) is 13.3. The van der Waals surface area contributed by atoms with Gasteiger partial charge in [0.25, 0.3) is 0 Å². The molecule has 1 aromatic carbocycles. The summed E-state index contributed by atoms with van der Waals surface area (Å²) < 4.78 is 10.8. The molecule has 1 heterocycles. The molecule has 100 valence electrons. The van der Waals surface area contributed by atoms with Crippen LogP contribution in [0.1, 0.15) is 30.7 Å². The van der Waals surface area contributed by atoms with E-state index in [4.69, 9.17) is 15.3 Å². The Hall–Kier alpha value is -1.10. The summed E-state index contributed by atoms with van der Waals surface area (Å²) >= 11 is 0. The lowest BCUT2D eigenvalue weighted by atomic mass is 9.85. The van der Waals surface area contributed by atoms with E-state index in [2.05, 4.69) is 17.6 Å². The van der Waals surface area contributed by atoms with Gasteiger partial charge in [0.05, 0.1) is 6.61 Å². The molecule has 2 rings (SSSR count). The molecule has 0 saturated carbocycles. The molecule has 0 aliphatic carbocycles. The number of hydrogen-bond acceptors (Lipinski definition) is 4. The minimum Gasteiger partial charge on any atom is -0.493 e. The van der Waals surface area contributed by atoms with E-state index < -0.39 is 0 Å². The number of fused-ring (bicyclic) bond motifs is 1. The molecule has 1 aliphatic heterocycles. The fraction of sp³-hybridized carbons (Fsp3) is 0.571. The fourth-order valence-corrected chi connectivity index (χ4v) is 2.64. The van der Waals surface area contributed by atoms with Crippen LogP contribution in [0.4, 0.5) is 0 Å². The summed E-state index contributed by atoms with van der Waals surface area (Å²) in [5, 5.41) is 0. The van der Waals surface area contributed by atoms with Gasteiger partial charge in [-0.05, 0) is 30.9 Å². The Morgan fingerprint density at radius 3 is 3.11 bits per heavy atom. The van der Waals surface area contributed by atoms with Crippen LogP contribution in [0, 0.1) is 0 Å². The molecule has 0 saturated heterocycles. The molecular weight excluding hydrogens is 228 g/mol. The number of rotatable bonds is 6. The van der Waals surface area contributed by atoms with Crippen LogP contribution in [-0.2, 0) is 4.74 Å². The van der Waals surface area contributed by atoms with Crippen molar-refractivity contribution in [3.05, 3.63) is 29.8 Å². The van der Waals surface area contributed by atoms with Gasteiger partial charge in [-0.15, -0.1) is 0 Å². The van der Waals surface area contributed by atoms with Gasteiger partial charge in [0, 0.05) is 25.7 Å². The fourth-order valence-electron chi connectivity index (χ4n) is 2.64. The van der Waals surface area contributed by atoms with E-state index >= 15 is 0 Å². The predicted molar refractivity (Wildman–Crippen MR) is 71.5 cm³/mol. The molecule has 1 aromatic rings. The number of benzene rings is 1. The van der Waals surface area contributed by atoms with Crippen LogP contribution >= 0.6 is 0 Å². The van der Waals surface area contributed by atoms with Gasteiger partial charge in [-0.1, -0.05) is 18.2 Å².